The van der Waals surface area contributed by atoms with Crippen LogP contribution < -0.4 is 5.56 Å². The summed E-state index contributed by atoms with van der Waals surface area (Å²) in [5, 5.41) is 4.28. The van der Waals surface area contributed by atoms with Gasteiger partial charge in [0.25, 0.3) is 5.56 Å². The molecule has 0 aliphatic heterocycles. The van der Waals surface area contributed by atoms with E-state index in [9.17, 15) is 9.00 Å². The fourth-order valence-corrected chi connectivity index (χ4v) is 3.48. The van der Waals surface area contributed by atoms with Gasteiger partial charge in [0.05, 0.1) is 16.3 Å². The average molecular weight is 389 g/mol. The fraction of sp³-hybridized carbons (Fsp3) is 0.389. The number of hydrogen-bond acceptors (Lipinski definition) is 6. The van der Waals surface area contributed by atoms with Crippen molar-refractivity contribution in [1.82, 2.24) is 19.2 Å². The first-order chi connectivity index (χ1) is 12.7. The number of rotatable bonds is 6. The minimum absolute atomic E-state index is 0.0405. The van der Waals surface area contributed by atoms with Crippen LogP contribution in [0.4, 0.5) is 0 Å². The van der Waals surface area contributed by atoms with Crippen LogP contribution in [-0.4, -0.2) is 36.7 Å². The molecule has 8 nitrogen and oxygen atoms in total. The third kappa shape index (κ3) is 3.93. The van der Waals surface area contributed by atoms with Gasteiger partial charge in [-0.15, -0.1) is 5.10 Å². The Bertz CT molecular complexity index is 1130. The molecule has 3 rings (SSSR count). The van der Waals surface area contributed by atoms with Crippen LogP contribution in [0, 0.1) is 4.78 Å². The first-order valence-electron chi connectivity index (χ1n) is 8.51. The van der Waals surface area contributed by atoms with Crippen LogP contribution >= 0.6 is 0 Å². The first-order valence-corrected chi connectivity index (χ1v) is 10.5. The second kappa shape index (κ2) is 7.24. The van der Waals surface area contributed by atoms with E-state index >= 15 is 0 Å². The lowest BCUT2D eigenvalue weighted by molar-refractivity contribution is 0.178. The molecule has 1 unspecified atom stereocenters. The summed E-state index contributed by atoms with van der Waals surface area (Å²) >= 11 is 0. The van der Waals surface area contributed by atoms with E-state index in [-0.39, 0.29) is 18.1 Å². The molecule has 1 N–H and O–H groups in total. The number of methoxy groups -OCH3 is 1. The van der Waals surface area contributed by atoms with Gasteiger partial charge in [-0.3, -0.25) is 4.79 Å². The summed E-state index contributed by atoms with van der Waals surface area (Å²) in [7, 11) is -1.19. The molecular weight excluding hydrogens is 366 g/mol. The van der Waals surface area contributed by atoms with E-state index in [1.807, 2.05) is 36.7 Å². The summed E-state index contributed by atoms with van der Waals surface area (Å²) in [5.74, 6) is 0.929. The summed E-state index contributed by atoms with van der Waals surface area (Å²) in [6.07, 6.45) is 3.21. The van der Waals surface area contributed by atoms with Crippen molar-refractivity contribution in [2.24, 2.45) is 0 Å². The molecule has 0 saturated heterocycles. The number of benzene rings is 1. The van der Waals surface area contributed by atoms with E-state index in [1.165, 1.54) is 10.8 Å². The molecule has 1 aromatic carbocycles. The molecule has 9 heteroatoms. The molecule has 0 aliphatic rings. The largest absolute Gasteiger partial charge is 0.377 e. The third-order valence-electron chi connectivity index (χ3n) is 4.25. The Labute approximate surface area is 157 Å². The Kier molecular flexibility index (Phi) is 5.16. The van der Waals surface area contributed by atoms with E-state index in [2.05, 4.69) is 10.1 Å². The maximum absolute atomic E-state index is 12.7. The van der Waals surface area contributed by atoms with Crippen molar-refractivity contribution >= 4 is 15.5 Å². The molecule has 0 bridgehead atoms. The molecule has 0 saturated carbocycles. The van der Waals surface area contributed by atoms with Gasteiger partial charge < -0.3 is 9.30 Å². The molecule has 0 radical (unpaired) electrons. The highest BCUT2D eigenvalue weighted by Crippen LogP contribution is 2.15. The number of nitrogens with zero attached hydrogens (tertiary/aromatic N) is 4. The van der Waals surface area contributed by atoms with E-state index in [4.69, 9.17) is 9.52 Å². The van der Waals surface area contributed by atoms with Crippen LogP contribution in [0.15, 0.2) is 40.2 Å². The third-order valence-corrected chi connectivity index (χ3v) is 5.42. The molecule has 0 spiro atoms. The van der Waals surface area contributed by atoms with E-state index in [1.54, 1.807) is 19.2 Å². The quantitative estimate of drug-likeness (QED) is 0.696. The molecule has 0 amide bonds. The van der Waals surface area contributed by atoms with Crippen LogP contribution in [-0.2, 0) is 27.6 Å². The van der Waals surface area contributed by atoms with E-state index in [0.29, 0.717) is 28.6 Å². The van der Waals surface area contributed by atoms with Gasteiger partial charge in [-0.05, 0) is 23.6 Å². The SMILES string of the molecule is COCc1nc2n(Cc3ccc(S(C)(=N)=O)cc3)cc(C(C)C)c(=O)n2n1. The Morgan fingerprint density at radius 1 is 1.26 bits per heavy atom. The zero-order chi connectivity index (χ0) is 19.8. The summed E-state index contributed by atoms with van der Waals surface area (Å²) in [6, 6.07) is 7.08. The van der Waals surface area contributed by atoms with Crippen LogP contribution in [0.5, 0.6) is 0 Å². The normalized spacial score (nSPS) is 14.0. The van der Waals surface area contributed by atoms with Crippen LogP contribution in [0.2, 0.25) is 0 Å². The van der Waals surface area contributed by atoms with Crippen LogP contribution in [0.3, 0.4) is 0 Å². The maximum Gasteiger partial charge on any atom is 0.279 e. The Morgan fingerprint density at radius 3 is 2.48 bits per heavy atom. The fourth-order valence-electron chi connectivity index (χ4n) is 2.82. The van der Waals surface area contributed by atoms with Gasteiger partial charge in [0, 0.05) is 30.0 Å². The highest BCUT2D eigenvalue weighted by Gasteiger charge is 2.16. The van der Waals surface area contributed by atoms with Gasteiger partial charge in [-0.1, -0.05) is 26.0 Å². The van der Waals surface area contributed by atoms with Crippen molar-refractivity contribution in [3.05, 3.63) is 57.8 Å². The maximum atomic E-state index is 12.7. The van der Waals surface area contributed by atoms with Crippen molar-refractivity contribution in [3.63, 3.8) is 0 Å². The lowest BCUT2D eigenvalue weighted by atomic mass is 10.1. The minimum Gasteiger partial charge on any atom is -0.377 e. The minimum atomic E-state index is -2.74. The van der Waals surface area contributed by atoms with E-state index in [0.717, 1.165) is 5.56 Å². The van der Waals surface area contributed by atoms with Gasteiger partial charge in [0.2, 0.25) is 5.78 Å². The van der Waals surface area contributed by atoms with Crippen molar-refractivity contribution in [3.8, 4) is 0 Å². The highest BCUT2D eigenvalue weighted by molar-refractivity contribution is 7.91. The molecule has 2 heterocycles. The molecule has 2 aromatic heterocycles. The highest BCUT2D eigenvalue weighted by atomic mass is 32.2. The summed E-state index contributed by atoms with van der Waals surface area (Å²) in [5.41, 5.74) is 1.41. The van der Waals surface area contributed by atoms with Crippen molar-refractivity contribution < 1.29 is 8.95 Å². The topological polar surface area (TPSA) is 102 Å². The predicted molar refractivity (Wildman–Crippen MR) is 103 cm³/mol. The number of aromatic nitrogens is 4. The van der Waals surface area contributed by atoms with Gasteiger partial charge in [-0.2, -0.15) is 9.50 Å². The number of nitrogens with one attached hydrogen (secondary N) is 1. The second-order valence-electron chi connectivity index (χ2n) is 6.83. The second-order valence-corrected chi connectivity index (χ2v) is 8.99. The monoisotopic (exact) mass is 389 g/mol. The lowest BCUT2D eigenvalue weighted by Crippen LogP contribution is -2.24. The lowest BCUT2D eigenvalue weighted by Gasteiger charge is -2.12. The smallest absolute Gasteiger partial charge is 0.279 e. The molecular formula is C18H23N5O3S. The first kappa shape index (κ1) is 19.2. The zero-order valence-electron chi connectivity index (χ0n) is 15.8. The molecule has 3 aromatic rings. The van der Waals surface area contributed by atoms with Gasteiger partial charge in [0.1, 0.15) is 6.61 Å². The van der Waals surface area contributed by atoms with Crippen LogP contribution in [0.25, 0.3) is 5.78 Å². The Hall–Kier alpha value is -2.52. The van der Waals surface area contributed by atoms with E-state index < -0.39 is 9.73 Å². The molecule has 144 valence electrons. The summed E-state index contributed by atoms with van der Waals surface area (Å²) < 4.78 is 27.8. The number of hydrogen-bond donors (Lipinski definition) is 1. The Balaban J connectivity index is 2.09. The standard InChI is InChI=1S/C18H23N5O3S/c1-12(2)15-10-22(9-13-5-7-14(8-6-13)27(4,19)25)18-20-16(11-26-3)21-23(18)17(15)24/h5-8,10,12,19H,9,11H2,1-4H3. The molecule has 0 aliphatic carbocycles. The molecule has 1 atom stereocenters. The van der Waals surface area contributed by atoms with Crippen molar-refractivity contribution in [1.29, 1.82) is 4.78 Å². The number of ether oxygens (including phenoxy) is 1. The van der Waals surface area contributed by atoms with Crippen LogP contribution in [0.1, 0.15) is 36.7 Å². The van der Waals surface area contributed by atoms with Crippen molar-refractivity contribution in [2.75, 3.05) is 13.4 Å². The predicted octanol–water partition coefficient (Wildman–Crippen LogP) is 2.24. The van der Waals surface area contributed by atoms with Crippen molar-refractivity contribution in [2.45, 2.75) is 37.8 Å². The summed E-state index contributed by atoms with van der Waals surface area (Å²) in [6.45, 7) is 4.61. The van der Waals surface area contributed by atoms with Gasteiger partial charge in [0.15, 0.2) is 5.82 Å². The Morgan fingerprint density at radius 2 is 1.93 bits per heavy atom. The zero-order valence-corrected chi connectivity index (χ0v) is 16.6. The molecule has 27 heavy (non-hydrogen) atoms. The average Bonchev–Trinajstić information content (AvgIpc) is 3.02. The van der Waals surface area contributed by atoms with Gasteiger partial charge in [-0.25, -0.2) is 8.99 Å². The number of fused-ring (bicyclic) bond motifs is 1. The van der Waals surface area contributed by atoms with Gasteiger partial charge >= 0.3 is 0 Å². The summed E-state index contributed by atoms with van der Waals surface area (Å²) in [4.78, 5) is 17.6. The molecule has 0 fully saturated rings.